The van der Waals surface area contributed by atoms with Crippen molar-refractivity contribution in [2.45, 2.75) is 12.1 Å². The maximum Gasteiger partial charge on any atom is 0.234 e. The molecule has 0 saturated heterocycles. The first-order chi connectivity index (χ1) is 15.6. The van der Waals surface area contributed by atoms with E-state index >= 15 is 0 Å². The number of carbonyl (C=O) groups excluding carboxylic acids is 1. The molecule has 2 aromatic carbocycles. The summed E-state index contributed by atoms with van der Waals surface area (Å²) in [5.74, 6) is 0.762. The number of benzene rings is 2. The SMILES string of the molecule is COc1cccc(NC(=O)CSc2nnc3c4cc(-c5ccc(C)cc5)nn4ccn23)c1. The minimum Gasteiger partial charge on any atom is -0.497 e. The number of thioether (sulfide) groups is 1. The molecule has 0 aliphatic rings. The molecule has 0 aliphatic carbocycles. The predicted molar refractivity (Wildman–Crippen MR) is 124 cm³/mol. The maximum absolute atomic E-state index is 12.4. The van der Waals surface area contributed by atoms with Crippen LogP contribution >= 0.6 is 11.8 Å². The maximum atomic E-state index is 12.4. The van der Waals surface area contributed by atoms with Gasteiger partial charge in [-0.3, -0.25) is 9.20 Å². The van der Waals surface area contributed by atoms with E-state index in [9.17, 15) is 4.79 Å². The molecule has 1 amide bonds. The molecule has 0 saturated carbocycles. The molecule has 0 fully saturated rings. The summed E-state index contributed by atoms with van der Waals surface area (Å²) in [5, 5.41) is 16.8. The van der Waals surface area contributed by atoms with E-state index in [2.05, 4.69) is 51.8 Å². The molecule has 5 aromatic rings. The summed E-state index contributed by atoms with van der Waals surface area (Å²) in [4.78, 5) is 12.4. The fraction of sp³-hybridized carbons (Fsp3) is 0.130. The second kappa shape index (κ2) is 8.35. The topological polar surface area (TPSA) is 85.8 Å². The molecule has 8 nitrogen and oxygen atoms in total. The number of anilines is 1. The number of amides is 1. The molecular weight excluding hydrogens is 424 g/mol. The van der Waals surface area contributed by atoms with Gasteiger partial charge in [0.15, 0.2) is 10.8 Å². The van der Waals surface area contributed by atoms with Gasteiger partial charge in [0.25, 0.3) is 0 Å². The minimum absolute atomic E-state index is 0.132. The van der Waals surface area contributed by atoms with Crippen molar-refractivity contribution in [2.24, 2.45) is 0 Å². The van der Waals surface area contributed by atoms with Gasteiger partial charge in [-0.05, 0) is 25.1 Å². The first-order valence-corrected chi connectivity index (χ1v) is 11.0. The lowest BCUT2D eigenvalue weighted by molar-refractivity contribution is -0.113. The molecule has 5 rings (SSSR count). The molecule has 0 unspecified atom stereocenters. The van der Waals surface area contributed by atoms with Gasteiger partial charge in [-0.1, -0.05) is 47.7 Å². The van der Waals surface area contributed by atoms with Crippen LogP contribution in [0.15, 0.2) is 72.1 Å². The van der Waals surface area contributed by atoms with Crippen LogP contribution in [0.4, 0.5) is 5.69 Å². The highest BCUT2D eigenvalue weighted by Gasteiger charge is 2.14. The Morgan fingerprint density at radius 3 is 2.75 bits per heavy atom. The predicted octanol–water partition coefficient (Wildman–Crippen LogP) is 4.09. The summed E-state index contributed by atoms with van der Waals surface area (Å²) < 4.78 is 8.86. The van der Waals surface area contributed by atoms with Crippen LogP contribution < -0.4 is 10.1 Å². The van der Waals surface area contributed by atoms with E-state index in [1.807, 2.05) is 41.1 Å². The zero-order valence-corrected chi connectivity index (χ0v) is 18.3. The Labute approximate surface area is 188 Å². The third-order valence-electron chi connectivity index (χ3n) is 5.02. The molecule has 0 bridgehead atoms. The summed E-state index contributed by atoms with van der Waals surface area (Å²) in [5.41, 5.74) is 5.34. The van der Waals surface area contributed by atoms with Crippen LogP contribution in [0, 0.1) is 6.92 Å². The van der Waals surface area contributed by atoms with Gasteiger partial charge >= 0.3 is 0 Å². The van der Waals surface area contributed by atoms with Crippen molar-refractivity contribution in [1.29, 1.82) is 0 Å². The monoisotopic (exact) mass is 444 g/mol. The van der Waals surface area contributed by atoms with Gasteiger partial charge < -0.3 is 10.1 Å². The van der Waals surface area contributed by atoms with E-state index in [1.165, 1.54) is 17.3 Å². The molecular formula is C23H20N6O2S. The van der Waals surface area contributed by atoms with Crippen LogP contribution in [0.2, 0.25) is 0 Å². The first kappa shape index (κ1) is 20.1. The summed E-state index contributed by atoms with van der Waals surface area (Å²) in [7, 11) is 1.59. The highest BCUT2D eigenvalue weighted by molar-refractivity contribution is 7.99. The van der Waals surface area contributed by atoms with Crippen molar-refractivity contribution >= 4 is 34.5 Å². The van der Waals surface area contributed by atoms with E-state index in [0.717, 1.165) is 16.8 Å². The van der Waals surface area contributed by atoms with Crippen molar-refractivity contribution in [3.05, 3.63) is 72.6 Å². The Morgan fingerprint density at radius 2 is 1.94 bits per heavy atom. The summed E-state index contributed by atoms with van der Waals surface area (Å²) in [6.07, 6.45) is 3.72. The van der Waals surface area contributed by atoms with Crippen LogP contribution in [-0.4, -0.2) is 43.0 Å². The molecule has 0 atom stereocenters. The third-order valence-corrected chi connectivity index (χ3v) is 5.96. The Hall–Kier alpha value is -3.85. The molecule has 32 heavy (non-hydrogen) atoms. The van der Waals surface area contributed by atoms with Crippen LogP contribution in [0.25, 0.3) is 22.4 Å². The lowest BCUT2D eigenvalue weighted by Crippen LogP contribution is -2.14. The number of hydrogen-bond donors (Lipinski definition) is 1. The summed E-state index contributed by atoms with van der Waals surface area (Å²) >= 11 is 1.32. The number of methoxy groups -OCH3 is 1. The lowest BCUT2D eigenvalue weighted by Gasteiger charge is -2.06. The van der Waals surface area contributed by atoms with Crippen molar-refractivity contribution in [1.82, 2.24) is 24.2 Å². The van der Waals surface area contributed by atoms with Crippen LogP contribution in [0.5, 0.6) is 5.75 Å². The largest absolute Gasteiger partial charge is 0.497 e. The molecule has 9 heteroatoms. The normalized spacial score (nSPS) is 11.2. The molecule has 1 N–H and O–H groups in total. The van der Waals surface area contributed by atoms with Crippen molar-refractivity contribution in [3.8, 4) is 17.0 Å². The van der Waals surface area contributed by atoms with Crippen molar-refractivity contribution in [3.63, 3.8) is 0 Å². The average molecular weight is 445 g/mol. The van der Waals surface area contributed by atoms with Gasteiger partial charge in [0.05, 0.1) is 18.6 Å². The number of nitrogens with zero attached hydrogens (tertiary/aromatic N) is 5. The number of aromatic nitrogens is 5. The Bertz CT molecular complexity index is 1420. The van der Waals surface area contributed by atoms with E-state index in [-0.39, 0.29) is 11.7 Å². The highest BCUT2D eigenvalue weighted by Crippen LogP contribution is 2.25. The number of hydrogen-bond acceptors (Lipinski definition) is 6. The Balaban J connectivity index is 1.35. The molecule has 3 heterocycles. The van der Waals surface area contributed by atoms with E-state index < -0.39 is 0 Å². The highest BCUT2D eigenvalue weighted by atomic mass is 32.2. The number of carbonyl (C=O) groups is 1. The van der Waals surface area contributed by atoms with Crippen molar-refractivity contribution in [2.75, 3.05) is 18.2 Å². The molecule has 0 spiro atoms. The van der Waals surface area contributed by atoms with Gasteiger partial charge in [-0.2, -0.15) is 5.10 Å². The van der Waals surface area contributed by atoms with Crippen molar-refractivity contribution < 1.29 is 9.53 Å². The summed E-state index contributed by atoms with van der Waals surface area (Å²) in [6.45, 7) is 2.06. The minimum atomic E-state index is -0.132. The Morgan fingerprint density at radius 1 is 1.09 bits per heavy atom. The van der Waals surface area contributed by atoms with Gasteiger partial charge in [0.2, 0.25) is 5.91 Å². The molecule has 0 radical (unpaired) electrons. The fourth-order valence-electron chi connectivity index (χ4n) is 3.38. The van der Waals surface area contributed by atoms with Gasteiger partial charge in [-0.25, -0.2) is 4.52 Å². The smallest absolute Gasteiger partial charge is 0.234 e. The molecule has 0 aliphatic heterocycles. The third kappa shape index (κ3) is 3.90. The second-order valence-corrected chi connectivity index (χ2v) is 8.21. The number of ether oxygens (including phenoxy) is 1. The lowest BCUT2D eigenvalue weighted by atomic mass is 10.1. The molecule has 160 valence electrons. The van der Waals surface area contributed by atoms with Crippen LogP contribution in [-0.2, 0) is 4.79 Å². The van der Waals surface area contributed by atoms with E-state index in [1.54, 1.807) is 17.7 Å². The fourth-order valence-corrected chi connectivity index (χ4v) is 4.10. The first-order valence-electron chi connectivity index (χ1n) is 9.97. The van der Waals surface area contributed by atoms with Gasteiger partial charge in [0.1, 0.15) is 11.3 Å². The zero-order valence-electron chi connectivity index (χ0n) is 17.5. The number of aryl methyl sites for hydroxylation is 1. The molecule has 3 aromatic heterocycles. The quantitative estimate of drug-likeness (QED) is 0.397. The number of rotatable bonds is 6. The summed E-state index contributed by atoms with van der Waals surface area (Å²) in [6, 6.07) is 17.5. The average Bonchev–Trinajstić information content (AvgIpc) is 3.42. The van der Waals surface area contributed by atoms with Gasteiger partial charge in [0, 0.05) is 29.7 Å². The van der Waals surface area contributed by atoms with E-state index in [4.69, 9.17) is 4.74 Å². The Kier molecular flexibility index (Phi) is 5.24. The standard InChI is InChI=1S/C23H20N6O2S/c1-15-6-8-16(9-7-15)19-13-20-22-25-26-23(28(22)10-11-29(20)27-19)32-14-21(30)24-17-4-3-5-18(12-17)31-2/h3-13H,14H2,1-2H3,(H,24,30). The number of fused-ring (bicyclic) bond motifs is 3. The number of nitrogens with one attached hydrogen (secondary N) is 1. The van der Waals surface area contributed by atoms with Crippen LogP contribution in [0.1, 0.15) is 5.56 Å². The second-order valence-electron chi connectivity index (χ2n) is 7.27. The van der Waals surface area contributed by atoms with E-state index in [0.29, 0.717) is 22.2 Å². The van der Waals surface area contributed by atoms with Gasteiger partial charge in [-0.15, -0.1) is 10.2 Å². The zero-order chi connectivity index (χ0) is 22.1. The van der Waals surface area contributed by atoms with Crippen LogP contribution in [0.3, 0.4) is 0 Å².